The molecule has 2 aromatic carbocycles. The molecular weight excluding hydrogens is 440 g/mol. The summed E-state index contributed by atoms with van der Waals surface area (Å²) in [4.78, 5) is 12.4. The van der Waals surface area contributed by atoms with Crippen LogP contribution in [0.15, 0.2) is 40.7 Å². The van der Waals surface area contributed by atoms with Crippen LogP contribution in [0, 0.1) is 0 Å². The summed E-state index contributed by atoms with van der Waals surface area (Å²) >= 11 is 2.65. The molecule has 11 heteroatoms. The molecule has 0 aliphatic heterocycles. The summed E-state index contributed by atoms with van der Waals surface area (Å²) in [6, 6.07) is 10.8. The number of methoxy groups -OCH3 is 4. The van der Waals surface area contributed by atoms with Crippen LogP contribution in [0.5, 0.6) is 23.0 Å². The van der Waals surface area contributed by atoms with Gasteiger partial charge in [0, 0.05) is 29.6 Å². The molecule has 0 bridgehead atoms. The van der Waals surface area contributed by atoms with E-state index < -0.39 is 0 Å². The second kappa shape index (κ2) is 10.7. The number of hydrogen-bond acceptors (Lipinski definition) is 10. The second-order valence-corrected chi connectivity index (χ2v) is 8.18. The monoisotopic (exact) mass is 462 g/mol. The maximum absolute atomic E-state index is 12.4. The summed E-state index contributed by atoms with van der Waals surface area (Å²) in [6.07, 6.45) is 0. The highest BCUT2D eigenvalue weighted by molar-refractivity contribution is 8.01. The number of thioether (sulfide) groups is 1. The van der Waals surface area contributed by atoms with E-state index in [0.29, 0.717) is 32.4 Å². The van der Waals surface area contributed by atoms with Crippen molar-refractivity contribution in [1.29, 1.82) is 0 Å². The highest BCUT2D eigenvalue weighted by Crippen LogP contribution is 2.40. The number of benzene rings is 2. The van der Waals surface area contributed by atoms with Gasteiger partial charge in [0.05, 0.1) is 34.2 Å². The van der Waals surface area contributed by atoms with Crippen molar-refractivity contribution >= 4 is 45.5 Å². The van der Waals surface area contributed by atoms with Crippen LogP contribution in [-0.2, 0) is 4.79 Å². The second-order valence-electron chi connectivity index (χ2n) is 5.98. The number of amides is 1. The van der Waals surface area contributed by atoms with Crippen LogP contribution in [-0.4, -0.2) is 50.3 Å². The van der Waals surface area contributed by atoms with Crippen molar-refractivity contribution in [2.75, 3.05) is 44.8 Å². The highest BCUT2D eigenvalue weighted by Gasteiger charge is 2.15. The van der Waals surface area contributed by atoms with Crippen molar-refractivity contribution in [3.63, 3.8) is 0 Å². The van der Waals surface area contributed by atoms with Crippen molar-refractivity contribution in [1.82, 2.24) is 10.2 Å². The molecule has 0 radical (unpaired) electrons. The molecule has 164 valence electrons. The minimum atomic E-state index is -0.197. The summed E-state index contributed by atoms with van der Waals surface area (Å²) in [5.74, 6) is 2.10. The van der Waals surface area contributed by atoms with Gasteiger partial charge in [-0.15, -0.1) is 10.2 Å². The molecule has 0 unspecified atom stereocenters. The molecular formula is C20H22N4O5S2. The molecule has 9 nitrogen and oxygen atoms in total. The van der Waals surface area contributed by atoms with Gasteiger partial charge < -0.3 is 29.6 Å². The average Bonchev–Trinajstić information content (AvgIpc) is 3.24. The Hall–Kier alpha value is -3.18. The molecule has 0 saturated carbocycles. The number of ether oxygens (including phenoxy) is 4. The van der Waals surface area contributed by atoms with E-state index in [1.807, 2.05) is 24.3 Å². The van der Waals surface area contributed by atoms with Crippen molar-refractivity contribution in [3.8, 4) is 23.0 Å². The number of nitrogens with one attached hydrogen (secondary N) is 2. The van der Waals surface area contributed by atoms with Crippen LogP contribution in [0.2, 0.25) is 0 Å². The Kier molecular flexibility index (Phi) is 7.79. The van der Waals surface area contributed by atoms with E-state index in [-0.39, 0.29) is 11.7 Å². The van der Waals surface area contributed by atoms with Gasteiger partial charge in [0.15, 0.2) is 15.8 Å². The third-order valence-corrected chi connectivity index (χ3v) is 5.97. The predicted molar refractivity (Wildman–Crippen MR) is 122 cm³/mol. The number of carbonyl (C=O) groups excluding carboxylic acids is 1. The van der Waals surface area contributed by atoms with E-state index in [2.05, 4.69) is 20.8 Å². The van der Waals surface area contributed by atoms with Crippen LogP contribution in [0.4, 0.5) is 16.5 Å². The van der Waals surface area contributed by atoms with E-state index in [9.17, 15) is 4.79 Å². The van der Waals surface area contributed by atoms with Crippen LogP contribution in [0.25, 0.3) is 0 Å². The van der Waals surface area contributed by atoms with E-state index in [4.69, 9.17) is 18.9 Å². The Balaban J connectivity index is 1.58. The fraction of sp³-hybridized carbons (Fsp3) is 0.250. The van der Waals surface area contributed by atoms with E-state index >= 15 is 0 Å². The minimum Gasteiger partial charge on any atom is -0.497 e. The fourth-order valence-electron chi connectivity index (χ4n) is 2.62. The summed E-state index contributed by atoms with van der Waals surface area (Å²) in [7, 11) is 6.17. The lowest BCUT2D eigenvalue weighted by Gasteiger charge is -2.14. The van der Waals surface area contributed by atoms with Gasteiger partial charge in [0.25, 0.3) is 0 Å². The summed E-state index contributed by atoms with van der Waals surface area (Å²) in [5.41, 5.74) is 1.38. The molecule has 0 aliphatic rings. The highest BCUT2D eigenvalue weighted by atomic mass is 32.2. The first-order valence-electron chi connectivity index (χ1n) is 9.03. The molecule has 2 N–H and O–H groups in total. The lowest BCUT2D eigenvalue weighted by Crippen LogP contribution is -2.14. The lowest BCUT2D eigenvalue weighted by molar-refractivity contribution is -0.113. The number of anilines is 3. The van der Waals surface area contributed by atoms with Gasteiger partial charge in [-0.05, 0) is 12.1 Å². The molecule has 0 saturated heterocycles. The first-order valence-corrected chi connectivity index (χ1v) is 10.8. The molecule has 1 aromatic heterocycles. The van der Waals surface area contributed by atoms with Crippen molar-refractivity contribution in [2.45, 2.75) is 4.34 Å². The Morgan fingerprint density at radius 1 is 0.968 bits per heavy atom. The zero-order valence-corrected chi connectivity index (χ0v) is 19.1. The molecule has 1 amide bonds. The largest absolute Gasteiger partial charge is 0.497 e. The Morgan fingerprint density at radius 2 is 1.71 bits per heavy atom. The predicted octanol–water partition coefficient (Wildman–Crippen LogP) is 4.05. The van der Waals surface area contributed by atoms with Crippen LogP contribution in [0.3, 0.4) is 0 Å². The number of nitrogens with zero attached hydrogens (tertiary/aromatic N) is 2. The quantitative estimate of drug-likeness (QED) is 0.432. The Labute approximate surface area is 188 Å². The summed E-state index contributed by atoms with van der Waals surface area (Å²) in [5, 5.41) is 14.8. The van der Waals surface area contributed by atoms with Gasteiger partial charge in [0.1, 0.15) is 5.75 Å². The lowest BCUT2D eigenvalue weighted by atomic mass is 10.2. The fourth-order valence-corrected chi connectivity index (χ4v) is 4.19. The van der Waals surface area contributed by atoms with Crippen molar-refractivity contribution < 1.29 is 23.7 Å². The Bertz CT molecular complexity index is 1020. The van der Waals surface area contributed by atoms with Gasteiger partial charge in [-0.1, -0.05) is 29.2 Å². The molecule has 1 heterocycles. The molecule has 3 aromatic rings. The minimum absolute atomic E-state index is 0.171. The average molecular weight is 463 g/mol. The smallest absolute Gasteiger partial charge is 0.234 e. The molecule has 31 heavy (non-hydrogen) atoms. The topological polar surface area (TPSA) is 104 Å². The third kappa shape index (κ3) is 5.92. The number of carbonyl (C=O) groups is 1. The van der Waals surface area contributed by atoms with Gasteiger partial charge in [0.2, 0.25) is 16.8 Å². The van der Waals surface area contributed by atoms with Crippen LogP contribution in [0.1, 0.15) is 0 Å². The first-order chi connectivity index (χ1) is 15.1. The molecule has 0 aliphatic carbocycles. The normalized spacial score (nSPS) is 10.3. The molecule has 0 fully saturated rings. The molecule has 3 rings (SSSR count). The summed E-state index contributed by atoms with van der Waals surface area (Å²) < 4.78 is 21.8. The zero-order chi connectivity index (χ0) is 22.2. The van der Waals surface area contributed by atoms with E-state index in [0.717, 1.165) is 11.4 Å². The van der Waals surface area contributed by atoms with Gasteiger partial charge >= 0.3 is 0 Å². The third-order valence-electron chi connectivity index (χ3n) is 4.00. The maximum atomic E-state index is 12.4. The van der Waals surface area contributed by atoms with Crippen LogP contribution < -0.4 is 29.6 Å². The first kappa shape index (κ1) is 22.5. The van der Waals surface area contributed by atoms with Gasteiger partial charge in [-0.25, -0.2) is 0 Å². The molecule has 0 spiro atoms. The standard InChI is InChI=1S/C20H22N4O5S2/c1-26-14-7-5-6-12(8-14)22-19-23-24-20(31-19)30-11-17(25)21-13-9-15(27-2)18(29-4)16(10-13)28-3/h5-10H,11H2,1-4H3,(H,21,25)(H,22,23). The Morgan fingerprint density at radius 3 is 2.35 bits per heavy atom. The number of rotatable bonds is 10. The van der Waals surface area contributed by atoms with Crippen LogP contribution >= 0.6 is 23.1 Å². The number of hydrogen-bond donors (Lipinski definition) is 2. The van der Waals surface area contributed by atoms with E-state index in [1.54, 1.807) is 19.2 Å². The van der Waals surface area contributed by atoms with Gasteiger partial charge in [-0.2, -0.15) is 0 Å². The number of aromatic nitrogens is 2. The van der Waals surface area contributed by atoms with Crippen molar-refractivity contribution in [3.05, 3.63) is 36.4 Å². The zero-order valence-electron chi connectivity index (χ0n) is 17.4. The van der Waals surface area contributed by atoms with Crippen molar-refractivity contribution in [2.24, 2.45) is 0 Å². The maximum Gasteiger partial charge on any atom is 0.234 e. The van der Waals surface area contributed by atoms with E-state index in [1.165, 1.54) is 44.4 Å². The van der Waals surface area contributed by atoms with Gasteiger partial charge in [-0.3, -0.25) is 4.79 Å². The summed E-state index contributed by atoms with van der Waals surface area (Å²) in [6.45, 7) is 0. The molecule has 0 atom stereocenters. The SMILES string of the molecule is COc1cccc(Nc2nnc(SCC(=O)Nc3cc(OC)c(OC)c(OC)c3)s2)c1.